The molecule has 0 saturated carbocycles. The van der Waals surface area contributed by atoms with Gasteiger partial charge in [-0.2, -0.15) is 0 Å². The van der Waals surface area contributed by atoms with E-state index in [1.54, 1.807) is 6.07 Å². The lowest BCUT2D eigenvalue weighted by Gasteiger charge is -2.13. The van der Waals surface area contributed by atoms with E-state index >= 15 is 0 Å². The zero-order valence-electron chi connectivity index (χ0n) is 11.1. The molecule has 100 valence electrons. The average Bonchev–Trinajstić information content (AvgIpc) is 2.68. The van der Waals surface area contributed by atoms with Crippen LogP contribution in [0.2, 0.25) is 0 Å². The zero-order chi connectivity index (χ0) is 14.0. The lowest BCUT2D eigenvalue weighted by Crippen LogP contribution is -2.27. The molecular weight excluding hydrogens is 244 g/mol. The molecule has 0 aliphatic carbocycles. The summed E-state index contributed by atoms with van der Waals surface area (Å²) in [5.74, 6) is 1.32. The summed E-state index contributed by atoms with van der Waals surface area (Å²) in [5.41, 5.74) is 0.986. The smallest absolute Gasteiger partial charge is 0.252 e. The van der Waals surface area contributed by atoms with E-state index in [0.29, 0.717) is 5.56 Å². The first-order chi connectivity index (χ1) is 8.97. The predicted octanol–water partition coefficient (Wildman–Crippen LogP) is 2.08. The summed E-state index contributed by atoms with van der Waals surface area (Å²) >= 11 is 0. The van der Waals surface area contributed by atoms with E-state index < -0.39 is 0 Å². The lowest BCUT2D eigenvalue weighted by atomic mass is 10.1. The largest absolute Gasteiger partial charge is 0.466 e. The van der Waals surface area contributed by atoms with Crippen LogP contribution in [0.5, 0.6) is 0 Å². The van der Waals surface area contributed by atoms with Gasteiger partial charge in [0.25, 0.3) is 5.91 Å². The van der Waals surface area contributed by atoms with E-state index in [1.165, 1.54) is 12.3 Å². The number of carbonyl (C=O) groups is 1. The summed E-state index contributed by atoms with van der Waals surface area (Å²) < 4.78 is 5.44. The Bertz CT molecular complexity index is 655. The first-order valence-electron chi connectivity index (χ1n) is 6.04. The fourth-order valence-corrected chi connectivity index (χ4v) is 2.02. The Labute approximate surface area is 110 Å². The maximum absolute atomic E-state index is 12.0. The molecule has 2 aromatic heterocycles. The monoisotopic (exact) mass is 260 g/mol. The van der Waals surface area contributed by atoms with Gasteiger partial charge in [-0.25, -0.2) is 0 Å². The molecule has 5 heteroatoms. The molecule has 1 amide bonds. The number of hydrogen-bond acceptors (Lipinski definition) is 3. The number of rotatable bonds is 3. The predicted molar refractivity (Wildman–Crippen MR) is 71.1 cm³/mol. The van der Waals surface area contributed by atoms with Crippen LogP contribution >= 0.6 is 0 Å². The number of furan rings is 1. The molecule has 0 aromatic carbocycles. The molecule has 0 radical (unpaired) electrons. The van der Waals surface area contributed by atoms with Crippen LogP contribution in [0.25, 0.3) is 0 Å². The van der Waals surface area contributed by atoms with Gasteiger partial charge in [-0.15, -0.1) is 0 Å². The van der Waals surface area contributed by atoms with Crippen molar-refractivity contribution < 1.29 is 9.21 Å². The van der Waals surface area contributed by atoms with Crippen molar-refractivity contribution in [2.45, 2.75) is 26.8 Å². The van der Waals surface area contributed by atoms with Gasteiger partial charge in [-0.05, 0) is 32.9 Å². The number of aromatic amines is 1. The van der Waals surface area contributed by atoms with Gasteiger partial charge in [0.2, 0.25) is 5.56 Å². The van der Waals surface area contributed by atoms with Crippen LogP contribution in [0.1, 0.15) is 40.4 Å². The summed E-state index contributed by atoms with van der Waals surface area (Å²) in [6.45, 7) is 5.60. The maximum atomic E-state index is 12.0. The third-order valence-electron chi connectivity index (χ3n) is 2.93. The van der Waals surface area contributed by atoms with E-state index in [0.717, 1.165) is 17.1 Å². The van der Waals surface area contributed by atoms with Crippen LogP contribution in [0, 0.1) is 13.8 Å². The molecule has 2 heterocycles. The highest BCUT2D eigenvalue weighted by Gasteiger charge is 2.16. The van der Waals surface area contributed by atoms with Crippen molar-refractivity contribution >= 4 is 5.91 Å². The van der Waals surface area contributed by atoms with Crippen molar-refractivity contribution in [1.29, 1.82) is 0 Å². The highest BCUT2D eigenvalue weighted by molar-refractivity contribution is 5.94. The number of amides is 1. The Hall–Kier alpha value is -2.30. The van der Waals surface area contributed by atoms with Crippen molar-refractivity contribution in [2.24, 2.45) is 0 Å². The number of aryl methyl sites for hydroxylation is 2. The highest BCUT2D eigenvalue weighted by Crippen LogP contribution is 2.21. The SMILES string of the molecule is Cc1cc(C(C)NC(=O)c2cc[nH]c(=O)c2)c(C)o1. The van der Waals surface area contributed by atoms with Gasteiger partial charge in [-0.3, -0.25) is 9.59 Å². The Morgan fingerprint density at radius 2 is 2.11 bits per heavy atom. The van der Waals surface area contributed by atoms with Gasteiger partial charge in [-0.1, -0.05) is 0 Å². The molecule has 19 heavy (non-hydrogen) atoms. The Balaban J connectivity index is 2.15. The quantitative estimate of drug-likeness (QED) is 0.887. The number of hydrogen-bond donors (Lipinski definition) is 2. The Morgan fingerprint density at radius 3 is 2.68 bits per heavy atom. The van der Waals surface area contributed by atoms with Crippen LogP contribution < -0.4 is 10.9 Å². The van der Waals surface area contributed by atoms with Gasteiger partial charge < -0.3 is 14.7 Å². The molecule has 0 aliphatic heterocycles. The minimum absolute atomic E-state index is 0.177. The molecule has 0 bridgehead atoms. The summed E-state index contributed by atoms with van der Waals surface area (Å²) in [5, 5.41) is 2.84. The average molecular weight is 260 g/mol. The number of H-pyrrole nitrogens is 1. The Kier molecular flexibility index (Phi) is 3.55. The van der Waals surface area contributed by atoms with Crippen LogP contribution in [0.3, 0.4) is 0 Å². The van der Waals surface area contributed by atoms with Gasteiger partial charge in [0.1, 0.15) is 11.5 Å². The number of pyridine rings is 1. The van der Waals surface area contributed by atoms with Crippen LogP contribution in [-0.4, -0.2) is 10.9 Å². The second-order valence-electron chi connectivity index (χ2n) is 4.51. The first-order valence-corrected chi connectivity index (χ1v) is 6.04. The summed E-state index contributed by atoms with van der Waals surface area (Å²) in [6.07, 6.45) is 1.45. The second-order valence-corrected chi connectivity index (χ2v) is 4.51. The van der Waals surface area contributed by atoms with Crippen molar-refractivity contribution in [2.75, 3.05) is 0 Å². The molecule has 2 N–H and O–H groups in total. The first kappa shape index (κ1) is 13.1. The normalized spacial score (nSPS) is 12.2. The van der Waals surface area contributed by atoms with Gasteiger partial charge in [0, 0.05) is 23.4 Å². The van der Waals surface area contributed by atoms with E-state index in [1.807, 2.05) is 26.8 Å². The van der Waals surface area contributed by atoms with Gasteiger partial charge in [0.15, 0.2) is 0 Å². The minimum atomic E-state index is -0.296. The number of nitrogens with one attached hydrogen (secondary N) is 2. The van der Waals surface area contributed by atoms with Crippen molar-refractivity contribution in [3.8, 4) is 0 Å². The third kappa shape index (κ3) is 2.93. The fraction of sp³-hybridized carbons (Fsp3) is 0.286. The number of aromatic nitrogens is 1. The van der Waals surface area contributed by atoms with Crippen molar-refractivity contribution in [3.63, 3.8) is 0 Å². The summed E-state index contributed by atoms with van der Waals surface area (Å²) in [7, 11) is 0. The van der Waals surface area contributed by atoms with E-state index in [9.17, 15) is 9.59 Å². The molecule has 5 nitrogen and oxygen atoms in total. The molecule has 0 spiro atoms. The molecule has 1 atom stereocenters. The molecule has 1 unspecified atom stereocenters. The van der Waals surface area contributed by atoms with E-state index in [-0.39, 0.29) is 17.5 Å². The van der Waals surface area contributed by atoms with Crippen LogP contribution in [0.15, 0.2) is 33.6 Å². The summed E-state index contributed by atoms with van der Waals surface area (Å²) in [6, 6.07) is 4.56. The fourth-order valence-electron chi connectivity index (χ4n) is 2.02. The van der Waals surface area contributed by atoms with Crippen molar-refractivity contribution in [3.05, 3.63) is 57.4 Å². The number of carbonyl (C=O) groups excluding carboxylic acids is 1. The van der Waals surface area contributed by atoms with Crippen molar-refractivity contribution in [1.82, 2.24) is 10.3 Å². The van der Waals surface area contributed by atoms with Gasteiger partial charge >= 0.3 is 0 Å². The van der Waals surface area contributed by atoms with E-state index in [2.05, 4.69) is 10.3 Å². The van der Waals surface area contributed by atoms with Crippen LogP contribution in [0.4, 0.5) is 0 Å². The van der Waals surface area contributed by atoms with Crippen LogP contribution in [-0.2, 0) is 0 Å². The molecule has 2 aromatic rings. The molecule has 0 aliphatic rings. The van der Waals surface area contributed by atoms with E-state index in [4.69, 9.17) is 4.42 Å². The molecule has 0 fully saturated rings. The Morgan fingerprint density at radius 1 is 1.37 bits per heavy atom. The summed E-state index contributed by atoms with van der Waals surface area (Å²) in [4.78, 5) is 25.6. The maximum Gasteiger partial charge on any atom is 0.252 e. The minimum Gasteiger partial charge on any atom is -0.466 e. The second kappa shape index (κ2) is 5.14. The molecule has 2 rings (SSSR count). The highest BCUT2D eigenvalue weighted by atomic mass is 16.3. The standard InChI is InChI=1S/C14H16N2O3/c1-8-6-12(10(3)19-8)9(2)16-14(18)11-4-5-15-13(17)7-11/h4-7,9H,1-3H3,(H,15,17)(H,16,18). The molecule has 0 saturated heterocycles. The zero-order valence-corrected chi connectivity index (χ0v) is 11.1. The lowest BCUT2D eigenvalue weighted by molar-refractivity contribution is 0.0939. The third-order valence-corrected chi connectivity index (χ3v) is 2.93. The topological polar surface area (TPSA) is 75.1 Å². The van der Waals surface area contributed by atoms with Gasteiger partial charge in [0.05, 0.1) is 6.04 Å². The molecular formula is C14H16N2O3.